The van der Waals surface area contributed by atoms with E-state index in [0.29, 0.717) is 11.1 Å². The molecule has 3 aromatic carbocycles. The molecular formula is C20H14Br2O3. The Morgan fingerprint density at radius 3 is 1.72 bits per heavy atom. The second-order valence-corrected chi connectivity index (χ2v) is 7.22. The van der Waals surface area contributed by atoms with Gasteiger partial charge in [-0.25, -0.2) is 4.79 Å². The second-order valence-electron chi connectivity index (χ2n) is 5.39. The van der Waals surface area contributed by atoms with Crippen molar-refractivity contribution >= 4 is 37.8 Å². The number of methoxy groups -OCH3 is 1. The molecule has 0 saturated carbocycles. The van der Waals surface area contributed by atoms with E-state index in [1.165, 1.54) is 7.11 Å². The van der Waals surface area contributed by atoms with Crippen LogP contribution in [0.5, 0.6) is 5.75 Å². The van der Waals surface area contributed by atoms with Crippen LogP contribution in [0.25, 0.3) is 22.3 Å². The van der Waals surface area contributed by atoms with E-state index in [1.807, 2.05) is 60.7 Å². The summed E-state index contributed by atoms with van der Waals surface area (Å²) in [5.41, 5.74) is 2.99. The molecule has 25 heavy (non-hydrogen) atoms. The maximum Gasteiger partial charge on any atom is 0.342 e. The molecule has 0 aliphatic carbocycles. The Kier molecular flexibility index (Phi) is 5.25. The molecule has 126 valence electrons. The Morgan fingerprint density at radius 2 is 1.24 bits per heavy atom. The molecule has 3 rings (SSSR count). The van der Waals surface area contributed by atoms with Gasteiger partial charge >= 0.3 is 5.97 Å². The lowest BCUT2D eigenvalue weighted by Crippen LogP contribution is -2.05. The standard InChI is InChI=1S/C20H14Br2O3/c1-25-20(24)18-16(12-2-6-14(21)7-3-12)10-11-17(19(18)23)13-4-8-15(22)9-5-13/h2-11,23H,1H3. The van der Waals surface area contributed by atoms with Gasteiger partial charge in [-0.05, 0) is 47.0 Å². The third-order valence-electron chi connectivity index (χ3n) is 3.88. The molecule has 0 saturated heterocycles. The number of hydrogen-bond acceptors (Lipinski definition) is 3. The number of phenols is 1. The average molecular weight is 462 g/mol. The number of carbonyl (C=O) groups is 1. The van der Waals surface area contributed by atoms with Crippen LogP contribution >= 0.6 is 31.9 Å². The number of benzene rings is 3. The van der Waals surface area contributed by atoms with E-state index < -0.39 is 5.97 Å². The number of esters is 1. The minimum absolute atomic E-state index is 0.0883. The number of carbonyl (C=O) groups excluding carboxylic acids is 1. The smallest absolute Gasteiger partial charge is 0.342 e. The lowest BCUT2D eigenvalue weighted by atomic mass is 9.93. The largest absolute Gasteiger partial charge is 0.506 e. The molecule has 1 N–H and O–H groups in total. The van der Waals surface area contributed by atoms with Crippen molar-refractivity contribution in [1.82, 2.24) is 0 Å². The first-order valence-electron chi connectivity index (χ1n) is 7.47. The van der Waals surface area contributed by atoms with Crippen LogP contribution in [-0.4, -0.2) is 18.2 Å². The summed E-state index contributed by atoms with van der Waals surface area (Å²) in [6, 6.07) is 18.7. The topological polar surface area (TPSA) is 46.5 Å². The van der Waals surface area contributed by atoms with Crippen LogP contribution in [0.3, 0.4) is 0 Å². The van der Waals surface area contributed by atoms with Gasteiger partial charge in [-0.2, -0.15) is 0 Å². The molecule has 0 amide bonds. The third kappa shape index (κ3) is 3.62. The molecule has 3 nitrogen and oxygen atoms in total. The van der Waals surface area contributed by atoms with Gasteiger partial charge in [0.1, 0.15) is 11.3 Å². The minimum Gasteiger partial charge on any atom is -0.506 e. The number of halogens is 2. The number of rotatable bonds is 3. The average Bonchev–Trinajstić information content (AvgIpc) is 2.62. The Balaban J connectivity index is 2.21. The summed E-state index contributed by atoms with van der Waals surface area (Å²) in [7, 11) is 1.30. The summed E-state index contributed by atoms with van der Waals surface area (Å²) in [6.45, 7) is 0. The molecule has 5 heteroatoms. The van der Waals surface area contributed by atoms with E-state index in [2.05, 4.69) is 31.9 Å². The highest BCUT2D eigenvalue weighted by molar-refractivity contribution is 9.10. The van der Waals surface area contributed by atoms with Crippen molar-refractivity contribution in [2.24, 2.45) is 0 Å². The predicted molar refractivity (Wildman–Crippen MR) is 106 cm³/mol. The highest BCUT2D eigenvalue weighted by Crippen LogP contribution is 2.39. The van der Waals surface area contributed by atoms with E-state index >= 15 is 0 Å². The maximum absolute atomic E-state index is 12.3. The van der Waals surface area contributed by atoms with Crippen molar-refractivity contribution in [1.29, 1.82) is 0 Å². The zero-order chi connectivity index (χ0) is 18.0. The molecule has 0 aromatic heterocycles. The first kappa shape index (κ1) is 17.7. The summed E-state index contributed by atoms with van der Waals surface area (Å²) in [5, 5.41) is 10.8. The van der Waals surface area contributed by atoms with E-state index in [0.717, 1.165) is 20.1 Å². The molecular weight excluding hydrogens is 448 g/mol. The van der Waals surface area contributed by atoms with Crippen LogP contribution in [0.15, 0.2) is 69.6 Å². The van der Waals surface area contributed by atoms with E-state index in [9.17, 15) is 9.90 Å². The highest BCUT2D eigenvalue weighted by Gasteiger charge is 2.21. The van der Waals surface area contributed by atoms with E-state index in [4.69, 9.17) is 4.74 Å². The Labute approximate surface area is 162 Å². The third-order valence-corrected chi connectivity index (χ3v) is 4.94. The zero-order valence-corrected chi connectivity index (χ0v) is 16.5. The fourth-order valence-corrected chi connectivity index (χ4v) is 3.16. The second kappa shape index (κ2) is 7.42. The SMILES string of the molecule is COC(=O)c1c(-c2ccc(Br)cc2)ccc(-c2ccc(Br)cc2)c1O. The van der Waals surface area contributed by atoms with Crippen molar-refractivity contribution in [2.45, 2.75) is 0 Å². The van der Waals surface area contributed by atoms with Crippen LogP contribution in [0.1, 0.15) is 10.4 Å². The summed E-state index contributed by atoms with van der Waals surface area (Å²) < 4.78 is 6.77. The Hall–Kier alpha value is -2.11. The zero-order valence-electron chi connectivity index (χ0n) is 13.3. The van der Waals surface area contributed by atoms with Crippen molar-refractivity contribution < 1.29 is 14.6 Å². The van der Waals surface area contributed by atoms with Gasteiger partial charge < -0.3 is 9.84 Å². The minimum atomic E-state index is -0.575. The molecule has 0 bridgehead atoms. The van der Waals surface area contributed by atoms with Crippen LogP contribution in [0.2, 0.25) is 0 Å². The Morgan fingerprint density at radius 1 is 0.800 bits per heavy atom. The van der Waals surface area contributed by atoms with Crippen molar-refractivity contribution in [3.63, 3.8) is 0 Å². The van der Waals surface area contributed by atoms with Crippen LogP contribution < -0.4 is 0 Å². The van der Waals surface area contributed by atoms with E-state index in [-0.39, 0.29) is 11.3 Å². The van der Waals surface area contributed by atoms with Gasteiger partial charge in [0.15, 0.2) is 0 Å². The lowest BCUT2D eigenvalue weighted by molar-refractivity contribution is 0.0598. The first-order chi connectivity index (χ1) is 12.0. The molecule has 0 aliphatic rings. The molecule has 0 heterocycles. The van der Waals surface area contributed by atoms with Gasteiger partial charge in [-0.15, -0.1) is 0 Å². The summed E-state index contributed by atoms with van der Waals surface area (Å²) in [6.07, 6.45) is 0. The van der Waals surface area contributed by atoms with Crippen molar-refractivity contribution in [3.05, 3.63) is 75.2 Å². The molecule has 0 fully saturated rings. The monoisotopic (exact) mass is 460 g/mol. The van der Waals surface area contributed by atoms with E-state index in [1.54, 1.807) is 0 Å². The lowest BCUT2D eigenvalue weighted by Gasteiger charge is -2.14. The van der Waals surface area contributed by atoms with Gasteiger partial charge in [-0.3, -0.25) is 0 Å². The molecule has 3 aromatic rings. The van der Waals surface area contributed by atoms with Crippen LogP contribution in [0, 0.1) is 0 Å². The van der Waals surface area contributed by atoms with Crippen molar-refractivity contribution in [3.8, 4) is 28.0 Å². The first-order valence-corrected chi connectivity index (χ1v) is 9.06. The molecule has 0 radical (unpaired) electrons. The fourth-order valence-electron chi connectivity index (χ4n) is 2.63. The van der Waals surface area contributed by atoms with Crippen LogP contribution in [0.4, 0.5) is 0 Å². The number of ether oxygens (including phenoxy) is 1. The van der Waals surface area contributed by atoms with Crippen molar-refractivity contribution in [2.75, 3.05) is 7.11 Å². The molecule has 0 unspecified atom stereocenters. The number of aromatic hydroxyl groups is 1. The maximum atomic E-state index is 12.3. The summed E-state index contributed by atoms with van der Waals surface area (Å²) >= 11 is 6.79. The van der Waals surface area contributed by atoms with Gasteiger partial charge in [0.2, 0.25) is 0 Å². The summed E-state index contributed by atoms with van der Waals surface area (Å²) in [5.74, 6) is -0.663. The quantitative estimate of drug-likeness (QED) is 0.483. The van der Waals surface area contributed by atoms with Gasteiger partial charge in [0.25, 0.3) is 0 Å². The van der Waals surface area contributed by atoms with Gasteiger partial charge in [0.05, 0.1) is 7.11 Å². The number of phenolic OH excluding ortho intramolecular Hbond substituents is 1. The molecule has 0 spiro atoms. The predicted octanol–water partition coefficient (Wildman–Crippen LogP) is 6.04. The fraction of sp³-hybridized carbons (Fsp3) is 0.0500. The Bertz CT molecular complexity index is 917. The molecule has 0 atom stereocenters. The summed E-state index contributed by atoms with van der Waals surface area (Å²) in [4.78, 5) is 12.3. The molecule has 0 aliphatic heterocycles. The highest BCUT2D eigenvalue weighted by atomic mass is 79.9. The normalized spacial score (nSPS) is 10.5. The van der Waals surface area contributed by atoms with Gasteiger partial charge in [0, 0.05) is 14.5 Å². The number of hydrogen-bond donors (Lipinski definition) is 1. The van der Waals surface area contributed by atoms with Gasteiger partial charge in [-0.1, -0.05) is 62.2 Å². The van der Waals surface area contributed by atoms with Crippen LogP contribution in [-0.2, 0) is 4.74 Å².